The maximum atomic E-state index is 13.0. The van der Waals surface area contributed by atoms with Crippen LogP contribution in [0.25, 0.3) is 0 Å². The number of rotatable bonds is 4. The van der Waals surface area contributed by atoms with Gasteiger partial charge in [-0.05, 0) is 48.6 Å². The van der Waals surface area contributed by atoms with Gasteiger partial charge in [0.05, 0.1) is 0 Å². The standard InChI is InChI=1S/C21H20FN3O/c22-18-6-8-19(9-7-18)26-20-10-13-23-21(24-20)25-14-11-17(12-15-25)16-4-2-1-3-5-16/h1-10,13,17H,11-12,14-15H2. The summed E-state index contributed by atoms with van der Waals surface area (Å²) < 4.78 is 18.7. The molecular weight excluding hydrogens is 329 g/mol. The van der Waals surface area contributed by atoms with Crippen LogP contribution in [0.5, 0.6) is 11.6 Å². The second-order valence-corrected chi connectivity index (χ2v) is 6.42. The number of nitrogens with zero attached hydrogens (tertiary/aromatic N) is 3. The van der Waals surface area contributed by atoms with Crippen LogP contribution in [0.3, 0.4) is 0 Å². The SMILES string of the molecule is Fc1ccc(Oc2ccnc(N3CCC(c4ccccc4)CC3)n2)cc1. The zero-order valence-corrected chi connectivity index (χ0v) is 14.4. The molecule has 3 aromatic rings. The van der Waals surface area contributed by atoms with E-state index in [-0.39, 0.29) is 5.82 Å². The fourth-order valence-electron chi connectivity index (χ4n) is 3.30. The van der Waals surface area contributed by atoms with Crippen LogP contribution in [0.2, 0.25) is 0 Å². The molecule has 1 aromatic heterocycles. The Hall–Kier alpha value is -2.95. The molecule has 0 radical (unpaired) electrons. The van der Waals surface area contributed by atoms with Gasteiger partial charge < -0.3 is 9.64 Å². The Labute approximate surface area is 152 Å². The van der Waals surface area contributed by atoms with E-state index in [2.05, 4.69) is 45.2 Å². The van der Waals surface area contributed by atoms with E-state index < -0.39 is 0 Å². The van der Waals surface area contributed by atoms with Gasteiger partial charge in [0.25, 0.3) is 0 Å². The third kappa shape index (κ3) is 3.82. The molecular formula is C21H20FN3O. The zero-order chi connectivity index (χ0) is 17.8. The van der Waals surface area contributed by atoms with Gasteiger partial charge in [0.1, 0.15) is 11.6 Å². The second kappa shape index (κ2) is 7.52. The first-order chi connectivity index (χ1) is 12.8. The lowest BCUT2D eigenvalue weighted by atomic mass is 9.90. The van der Waals surface area contributed by atoms with Crippen LogP contribution in [0, 0.1) is 5.82 Å². The third-order valence-electron chi connectivity index (χ3n) is 4.70. The Kier molecular flexibility index (Phi) is 4.78. The van der Waals surface area contributed by atoms with Crippen molar-refractivity contribution in [1.82, 2.24) is 9.97 Å². The molecule has 1 fully saturated rings. The summed E-state index contributed by atoms with van der Waals surface area (Å²) in [6.07, 6.45) is 3.86. The highest BCUT2D eigenvalue weighted by atomic mass is 19.1. The highest BCUT2D eigenvalue weighted by Gasteiger charge is 2.22. The van der Waals surface area contributed by atoms with E-state index in [9.17, 15) is 4.39 Å². The lowest BCUT2D eigenvalue weighted by molar-refractivity contribution is 0.455. The molecule has 1 aliphatic heterocycles. The molecule has 132 valence electrons. The molecule has 26 heavy (non-hydrogen) atoms. The Balaban J connectivity index is 1.42. The topological polar surface area (TPSA) is 38.2 Å². The van der Waals surface area contributed by atoms with Crippen LogP contribution in [0.4, 0.5) is 10.3 Å². The zero-order valence-electron chi connectivity index (χ0n) is 14.4. The van der Waals surface area contributed by atoms with Crippen LogP contribution >= 0.6 is 0 Å². The number of piperidine rings is 1. The van der Waals surface area contributed by atoms with Gasteiger partial charge >= 0.3 is 0 Å². The summed E-state index contributed by atoms with van der Waals surface area (Å²) in [5.41, 5.74) is 1.40. The molecule has 0 bridgehead atoms. The van der Waals surface area contributed by atoms with Crippen LogP contribution in [0.1, 0.15) is 24.3 Å². The largest absolute Gasteiger partial charge is 0.439 e. The number of hydrogen-bond acceptors (Lipinski definition) is 4. The quantitative estimate of drug-likeness (QED) is 0.679. The third-order valence-corrected chi connectivity index (χ3v) is 4.70. The van der Waals surface area contributed by atoms with Gasteiger partial charge in [0.2, 0.25) is 11.8 Å². The summed E-state index contributed by atoms with van der Waals surface area (Å²) >= 11 is 0. The van der Waals surface area contributed by atoms with E-state index in [1.54, 1.807) is 24.4 Å². The molecule has 0 atom stereocenters. The molecule has 0 N–H and O–H groups in total. The van der Waals surface area contributed by atoms with Gasteiger partial charge in [0.15, 0.2) is 0 Å². The van der Waals surface area contributed by atoms with Crippen LogP contribution in [-0.4, -0.2) is 23.1 Å². The number of aromatic nitrogens is 2. The molecule has 1 saturated heterocycles. The van der Waals surface area contributed by atoms with E-state index in [1.165, 1.54) is 17.7 Å². The molecule has 5 heteroatoms. The predicted molar refractivity (Wildman–Crippen MR) is 99.1 cm³/mol. The average molecular weight is 349 g/mol. The van der Waals surface area contributed by atoms with E-state index in [4.69, 9.17) is 4.74 Å². The summed E-state index contributed by atoms with van der Waals surface area (Å²) in [7, 11) is 0. The first-order valence-electron chi connectivity index (χ1n) is 8.84. The normalized spacial score (nSPS) is 15.0. The maximum Gasteiger partial charge on any atom is 0.228 e. The molecule has 0 saturated carbocycles. The van der Waals surface area contributed by atoms with Crippen molar-refractivity contribution < 1.29 is 9.13 Å². The molecule has 2 heterocycles. The van der Waals surface area contributed by atoms with Crippen molar-refractivity contribution in [2.75, 3.05) is 18.0 Å². The van der Waals surface area contributed by atoms with E-state index in [1.807, 2.05) is 0 Å². The fraction of sp³-hybridized carbons (Fsp3) is 0.238. The maximum absolute atomic E-state index is 13.0. The second-order valence-electron chi connectivity index (χ2n) is 6.42. The Morgan fingerprint density at radius 3 is 2.38 bits per heavy atom. The van der Waals surface area contributed by atoms with Crippen molar-refractivity contribution in [3.8, 4) is 11.6 Å². The number of hydrogen-bond donors (Lipinski definition) is 0. The molecule has 1 aliphatic rings. The van der Waals surface area contributed by atoms with Crippen molar-refractivity contribution in [2.45, 2.75) is 18.8 Å². The van der Waals surface area contributed by atoms with Crippen LogP contribution in [-0.2, 0) is 0 Å². The van der Waals surface area contributed by atoms with E-state index in [0.717, 1.165) is 25.9 Å². The first-order valence-corrected chi connectivity index (χ1v) is 8.84. The highest BCUT2D eigenvalue weighted by molar-refractivity contribution is 5.35. The number of halogens is 1. The van der Waals surface area contributed by atoms with Gasteiger partial charge in [0, 0.05) is 25.4 Å². The van der Waals surface area contributed by atoms with E-state index >= 15 is 0 Å². The Morgan fingerprint density at radius 1 is 0.923 bits per heavy atom. The molecule has 4 nitrogen and oxygen atoms in total. The lowest BCUT2D eigenvalue weighted by Crippen LogP contribution is -2.34. The van der Waals surface area contributed by atoms with Crippen molar-refractivity contribution in [3.63, 3.8) is 0 Å². The summed E-state index contributed by atoms with van der Waals surface area (Å²) in [4.78, 5) is 11.1. The smallest absolute Gasteiger partial charge is 0.228 e. The molecule has 0 aliphatic carbocycles. The van der Waals surface area contributed by atoms with Crippen molar-refractivity contribution in [3.05, 3.63) is 78.2 Å². The van der Waals surface area contributed by atoms with E-state index in [0.29, 0.717) is 23.5 Å². The minimum absolute atomic E-state index is 0.290. The Morgan fingerprint density at radius 2 is 1.65 bits per heavy atom. The minimum Gasteiger partial charge on any atom is -0.439 e. The number of anilines is 1. The summed E-state index contributed by atoms with van der Waals surface area (Å²) in [6, 6.07) is 18.3. The monoisotopic (exact) mass is 349 g/mol. The van der Waals surface area contributed by atoms with Crippen molar-refractivity contribution in [1.29, 1.82) is 0 Å². The van der Waals surface area contributed by atoms with Crippen molar-refractivity contribution >= 4 is 5.95 Å². The minimum atomic E-state index is -0.290. The van der Waals surface area contributed by atoms with Gasteiger partial charge in [-0.15, -0.1) is 0 Å². The lowest BCUT2D eigenvalue weighted by Gasteiger charge is -2.32. The summed E-state index contributed by atoms with van der Waals surface area (Å²) in [6.45, 7) is 1.83. The number of benzene rings is 2. The molecule has 0 spiro atoms. The molecule has 0 amide bonds. The highest BCUT2D eigenvalue weighted by Crippen LogP contribution is 2.30. The van der Waals surface area contributed by atoms with Crippen molar-refractivity contribution in [2.24, 2.45) is 0 Å². The van der Waals surface area contributed by atoms with Gasteiger partial charge in [-0.3, -0.25) is 0 Å². The summed E-state index contributed by atoms with van der Waals surface area (Å²) in [5.74, 6) is 2.00. The van der Waals surface area contributed by atoms with Gasteiger partial charge in [-0.1, -0.05) is 30.3 Å². The van der Waals surface area contributed by atoms with Crippen LogP contribution in [0.15, 0.2) is 66.9 Å². The first kappa shape index (κ1) is 16.5. The molecule has 2 aromatic carbocycles. The van der Waals surface area contributed by atoms with Gasteiger partial charge in [-0.25, -0.2) is 9.37 Å². The Bertz CT molecular complexity index is 847. The van der Waals surface area contributed by atoms with Gasteiger partial charge in [-0.2, -0.15) is 4.98 Å². The predicted octanol–water partition coefficient (Wildman–Crippen LogP) is 4.79. The molecule has 4 rings (SSSR count). The summed E-state index contributed by atoms with van der Waals surface area (Å²) in [5, 5.41) is 0. The fourth-order valence-corrected chi connectivity index (χ4v) is 3.30. The van der Waals surface area contributed by atoms with Crippen LogP contribution < -0.4 is 9.64 Å². The average Bonchev–Trinajstić information content (AvgIpc) is 2.71. The molecule has 0 unspecified atom stereocenters. The number of ether oxygens (including phenoxy) is 1.